The first-order chi connectivity index (χ1) is 14.6. The van der Waals surface area contributed by atoms with Gasteiger partial charge in [0.1, 0.15) is 5.75 Å². The van der Waals surface area contributed by atoms with Gasteiger partial charge in [-0.25, -0.2) is 4.79 Å². The van der Waals surface area contributed by atoms with Crippen LogP contribution < -0.4 is 20.7 Å². The molecule has 0 bridgehead atoms. The van der Waals surface area contributed by atoms with Gasteiger partial charge in [-0.05, 0) is 54.2 Å². The molecule has 0 aromatic heterocycles. The number of ether oxygens (including phenoxy) is 1. The number of amides is 3. The minimum absolute atomic E-state index is 0.155. The van der Waals surface area contributed by atoms with Crippen LogP contribution in [0.4, 0.5) is 10.5 Å². The zero-order chi connectivity index (χ0) is 21.3. The third kappa shape index (κ3) is 6.24. The smallest absolute Gasteiger partial charge is 0.319 e. The van der Waals surface area contributed by atoms with Crippen molar-refractivity contribution in [2.24, 2.45) is 11.8 Å². The number of methoxy groups -OCH3 is 1. The van der Waals surface area contributed by atoms with Crippen LogP contribution in [0, 0.1) is 11.8 Å². The monoisotopic (exact) mass is 409 g/mol. The van der Waals surface area contributed by atoms with Crippen LogP contribution in [0.3, 0.4) is 0 Å². The topological polar surface area (TPSA) is 79.5 Å². The fourth-order valence-corrected chi connectivity index (χ4v) is 3.73. The highest BCUT2D eigenvalue weighted by Gasteiger charge is 2.33. The highest BCUT2D eigenvalue weighted by molar-refractivity contribution is 5.89. The van der Waals surface area contributed by atoms with Gasteiger partial charge in [0.05, 0.1) is 7.11 Å². The summed E-state index contributed by atoms with van der Waals surface area (Å²) < 4.78 is 5.12. The maximum atomic E-state index is 12.2. The van der Waals surface area contributed by atoms with Gasteiger partial charge in [0.15, 0.2) is 0 Å². The van der Waals surface area contributed by atoms with Crippen LogP contribution in [-0.2, 0) is 17.9 Å². The third-order valence-corrected chi connectivity index (χ3v) is 5.59. The number of carbonyl (C=O) groups excluding carboxylic acids is 2. The summed E-state index contributed by atoms with van der Waals surface area (Å²) in [7, 11) is 1.62. The molecule has 0 radical (unpaired) electrons. The Morgan fingerprint density at radius 2 is 1.53 bits per heavy atom. The van der Waals surface area contributed by atoms with Crippen LogP contribution in [0.1, 0.15) is 43.7 Å². The van der Waals surface area contributed by atoms with Crippen molar-refractivity contribution >= 4 is 17.6 Å². The second-order valence-electron chi connectivity index (χ2n) is 7.89. The van der Waals surface area contributed by atoms with Crippen LogP contribution in [-0.4, -0.2) is 19.0 Å². The predicted molar refractivity (Wildman–Crippen MR) is 118 cm³/mol. The van der Waals surface area contributed by atoms with Gasteiger partial charge in [-0.2, -0.15) is 0 Å². The molecule has 160 valence electrons. The molecule has 1 saturated carbocycles. The number of carbonyl (C=O) groups is 2. The molecular formula is C24H31N3O3. The Hall–Kier alpha value is -3.02. The van der Waals surface area contributed by atoms with Crippen molar-refractivity contribution in [3.05, 3.63) is 59.7 Å². The first-order valence-corrected chi connectivity index (χ1v) is 10.6. The van der Waals surface area contributed by atoms with Gasteiger partial charge in [-0.15, -0.1) is 0 Å². The first kappa shape index (κ1) is 21.7. The molecule has 0 aliphatic heterocycles. The Morgan fingerprint density at radius 1 is 0.933 bits per heavy atom. The van der Waals surface area contributed by atoms with Gasteiger partial charge in [0.2, 0.25) is 5.91 Å². The van der Waals surface area contributed by atoms with Gasteiger partial charge in [-0.3, -0.25) is 4.79 Å². The molecule has 2 aromatic rings. The summed E-state index contributed by atoms with van der Waals surface area (Å²) in [6, 6.07) is 14.8. The van der Waals surface area contributed by atoms with Crippen LogP contribution in [0.2, 0.25) is 0 Å². The molecule has 2 aromatic carbocycles. The number of hydrogen-bond acceptors (Lipinski definition) is 3. The van der Waals surface area contributed by atoms with E-state index in [1.807, 2.05) is 48.5 Å². The van der Waals surface area contributed by atoms with Gasteiger partial charge in [-0.1, -0.05) is 44.0 Å². The molecule has 30 heavy (non-hydrogen) atoms. The molecule has 6 nitrogen and oxygen atoms in total. The van der Waals surface area contributed by atoms with Gasteiger partial charge < -0.3 is 20.7 Å². The van der Waals surface area contributed by atoms with Gasteiger partial charge in [0.25, 0.3) is 0 Å². The standard InChI is InChI=1S/C24H31N3O3/c1-3-4-19-13-20(14-19)23(28)25-15-17-5-9-21(10-6-17)27-24(29)26-16-18-7-11-22(30-2)12-8-18/h5-12,19-20H,3-4,13-16H2,1-2H3,(H,25,28)(H2,26,27,29). The van der Waals surface area contributed by atoms with Crippen molar-refractivity contribution in [2.75, 3.05) is 12.4 Å². The molecule has 6 heteroatoms. The highest BCUT2D eigenvalue weighted by atomic mass is 16.5. The molecule has 3 rings (SSSR count). The Balaban J connectivity index is 1.37. The molecular weight excluding hydrogens is 378 g/mol. The van der Waals surface area contributed by atoms with Crippen molar-refractivity contribution in [1.82, 2.24) is 10.6 Å². The van der Waals surface area contributed by atoms with Crippen LogP contribution in [0.5, 0.6) is 5.75 Å². The van der Waals surface area contributed by atoms with Crippen molar-refractivity contribution < 1.29 is 14.3 Å². The lowest BCUT2D eigenvalue weighted by atomic mass is 9.72. The first-order valence-electron chi connectivity index (χ1n) is 10.6. The van der Waals surface area contributed by atoms with Crippen LogP contribution >= 0.6 is 0 Å². The quantitative estimate of drug-likeness (QED) is 0.572. The number of hydrogen-bond donors (Lipinski definition) is 3. The van der Waals surface area contributed by atoms with Crippen molar-refractivity contribution in [2.45, 2.75) is 45.7 Å². The molecule has 0 saturated heterocycles. The Morgan fingerprint density at radius 3 is 2.13 bits per heavy atom. The van der Waals surface area contributed by atoms with Crippen LogP contribution in [0.15, 0.2) is 48.5 Å². The van der Waals surface area contributed by atoms with Crippen LogP contribution in [0.25, 0.3) is 0 Å². The average molecular weight is 410 g/mol. The van der Waals surface area contributed by atoms with Gasteiger partial charge in [0, 0.05) is 24.7 Å². The summed E-state index contributed by atoms with van der Waals surface area (Å²) in [5.41, 5.74) is 2.71. The number of rotatable bonds is 9. The molecule has 1 aliphatic carbocycles. The Bertz CT molecular complexity index is 828. The number of urea groups is 1. The van der Waals surface area contributed by atoms with E-state index in [0.717, 1.165) is 35.6 Å². The van der Waals surface area contributed by atoms with Gasteiger partial charge >= 0.3 is 6.03 Å². The SMILES string of the molecule is CCCC1CC(C(=O)NCc2ccc(NC(=O)NCc3ccc(OC)cc3)cc2)C1. The normalized spacial score (nSPS) is 17.5. The maximum absolute atomic E-state index is 12.2. The molecule has 0 spiro atoms. The zero-order valence-corrected chi connectivity index (χ0v) is 17.7. The summed E-state index contributed by atoms with van der Waals surface area (Å²) in [6.07, 6.45) is 4.47. The van der Waals surface area contributed by atoms with E-state index in [4.69, 9.17) is 4.74 Å². The highest BCUT2D eigenvalue weighted by Crippen LogP contribution is 2.36. The molecule has 1 aliphatic rings. The summed E-state index contributed by atoms with van der Waals surface area (Å²) in [5, 5.41) is 8.67. The maximum Gasteiger partial charge on any atom is 0.319 e. The summed E-state index contributed by atoms with van der Waals surface area (Å²) in [6.45, 7) is 3.13. The zero-order valence-electron chi connectivity index (χ0n) is 17.7. The number of benzene rings is 2. The second kappa shape index (κ2) is 10.7. The lowest BCUT2D eigenvalue weighted by Crippen LogP contribution is -2.38. The van der Waals surface area contributed by atoms with Crippen molar-refractivity contribution in [3.63, 3.8) is 0 Å². The predicted octanol–water partition coefficient (Wildman–Crippen LogP) is 4.46. The molecule has 3 N–H and O–H groups in total. The lowest BCUT2D eigenvalue weighted by Gasteiger charge is -2.34. The fraction of sp³-hybridized carbons (Fsp3) is 0.417. The Kier molecular flexibility index (Phi) is 7.71. The summed E-state index contributed by atoms with van der Waals surface area (Å²) in [4.78, 5) is 24.3. The van der Waals surface area contributed by atoms with E-state index in [1.165, 1.54) is 12.8 Å². The Labute approximate surface area is 178 Å². The molecule has 0 unspecified atom stereocenters. The summed E-state index contributed by atoms with van der Waals surface area (Å²) >= 11 is 0. The van der Waals surface area contributed by atoms with E-state index in [1.54, 1.807) is 7.11 Å². The van der Waals surface area contributed by atoms with E-state index in [-0.39, 0.29) is 17.9 Å². The molecule has 0 atom stereocenters. The fourth-order valence-electron chi connectivity index (χ4n) is 3.73. The minimum atomic E-state index is -0.265. The van der Waals surface area contributed by atoms with E-state index < -0.39 is 0 Å². The lowest BCUT2D eigenvalue weighted by molar-refractivity contribution is -0.129. The number of anilines is 1. The second-order valence-corrected chi connectivity index (χ2v) is 7.89. The van der Waals surface area contributed by atoms with E-state index in [0.29, 0.717) is 18.8 Å². The minimum Gasteiger partial charge on any atom is -0.497 e. The van der Waals surface area contributed by atoms with Crippen molar-refractivity contribution in [1.29, 1.82) is 0 Å². The van der Waals surface area contributed by atoms with E-state index >= 15 is 0 Å². The van der Waals surface area contributed by atoms with E-state index in [9.17, 15) is 9.59 Å². The molecule has 3 amide bonds. The van der Waals surface area contributed by atoms with Crippen molar-refractivity contribution in [3.8, 4) is 5.75 Å². The number of nitrogens with one attached hydrogen (secondary N) is 3. The third-order valence-electron chi connectivity index (χ3n) is 5.59. The molecule has 0 heterocycles. The average Bonchev–Trinajstić information content (AvgIpc) is 2.74. The molecule has 1 fully saturated rings. The summed E-state index contributed by atoms with van der Waals surface area (Å²) in [5.74, 6) is 1.85. The van der Waals surface area contributed by atoms with E-state index in [2.05, 4.69) is 22.9 Å². The largest absolute Gasteiger partial charge is 0.497 e.